The second-order valence-corrected chi connectivity index (χ2v) is 4.99. The minimum absolute atomic E-state index is 0.168. The van der Waals surface area contributed by atoms with Gasteiger partial charge in [-0.25, -0.2) is 4.98 Å². The van der Waals surface area contributed by atoms with Crippen molar-refractivity contribution in [3.8, 4) is 11.8 Å². The molecule has 1 aromatic carbocycles. The van der Waals surface area contributed by atoms with E-state index in [1.54, 1.807) is 6.20 Å². The van der Waals surface area contributed by atoms with E-state index in [-0.39, 0.29) is 6.10 Å². The van der Waals surface area contributed by atoms with E-state index in [1.165, 1.54) is 11.3 Å². The number of nitrogens with zero attached hydrogens (tertiary/aromatic N) is 2. The average molecular weight is 259 g/mol. The Morgan fingerprint density at radius 1 is 1.33 bits per heavy atom. The molecule has 0 saturated heterocycles. The largest absolute Gasteiger partial charge is 0.491 e. The molecule has 0 fully saturated rings. The van der Waals surface area contributed by atoms with Crippen LogP contribution in [0, 0.1) is 11.3 Å². The van der Waals surface area contributed by atoms with Crippen LogP contribution in [0.2, 0.25) is 0 Å². The van der Waals surface area contributed by atoms with Crippen LogP contribution < -0.4 is 10.1 Å². The molecule has 0 aliphatic rings. The van der Waals surface area contributed by atoms with Crippen molar-refractivity contribution in [1.29, 1.82) is 5.26 Å². The van der Waals surface area contributed by atoms with Gasteiger partial charge < -0.3 is 10.1 Å². The number of thiazole rings is 1. The molecule has 0 radical (unpaired) electrons. The number of anilines is 2. The number of nitrogens with one attached hydrogen (secondary N) is 1. The molecule has 1 N–H and O–H groups in total. The van der Waals surface area contributed by atoms with Gasteiger partial charge in [0, 0.05) is 5.69 Å². The molecule has 1 heterocycles. The summed E-state index contributed by atoms with van der Waals surface area (Å²) in [5.41, 5.74) is 0.921. The normalized spacial score (nSPS) is 10.1. The Labute approximate surface area is 110 Å². The molecule has 0 bridgehead atoms. The van der Waals surface area contributed by atoms with Crippen LogP contribution in [0.15, 0.2) is 30.5 Å². The zero-order chi connectivity index (χ0) is 13.0. The number of rotatable bonds is 4. The highest BCUT2D eigenvalue weighted by Gasteiger charge is 2.02. The van der Waals surface area contributed by atoms with Gasteiger partial charge in [0.05, 0.1) is 12.3 Å². The average Bonchev–Trinajstić information content (AvgIpc) is 2.79. The van der Waals surface area contributed by atoms with Gasteiger partial charge in [-0.2, -0.15) is 5.26 Å². The molecule has 0 saturated carbocycles. The Balaban J connectivity index is 2.04. The van der Waals surface area contributed by atoms with Crippen LogP contribution in [-0.2, 0) is 0 Å². The SMILES string of the molecule is CC(C)Oc1ccc(Nc2ncc(C#N)s2)cc1. The third-order valence-corrected chi connectivity index (χ3v) is 2.91. The van der Waals surface area contributed by atoms with Crippen molar-refractivity contribution in [1.82, 2.24) is 4.98 Å². The maximum absolute atomic E-state index is 8.71. The van der Waals surface area contributed by atoms with Gasteiger partial charge >= 0.3 is 0 Å². The molecule has 0 atom stereocenters. The minimum Gasteiger partial charge on any atom is -0.491 e. The van der Waals surface area contributed by atoms with Crippen LogP contribution >= 0.6 is 11.3 Å². The Bertz CT molecular complexity index is 554. The van der Waals surface area contributed by atoms with E-state index in [0.717, 1.165) is 11.4 Å². The highest BCUT2D eigenvalue weighted by atomic mass is 32.1. The van der Waals surface area contributed by atoms with Gasteiger partial charge in [-0.05, 0) is 38.1 Å². The minimum atomic E-state index is 0.168. The first-order valence-electron chi connectivity index (χ1n) is 5.57. The summed E-state index contributed by atoms with van der Waals surface area (Å²) in [5.74, 6) is 0.840. The molecule has 0 aliphatic heterocycles. The third kappa shape index (κ3) is 3.22. The zero-order valence-electron chi connectivity index (χ0n) is 10.2. The van der Waals surface area contributed by atoms with Gasteiger partial charge in [-0.15, -0.1) is 0 Å². The summed E-state index contributed by atoms with van der Waals surface area (Å²) >= 11 is 1.33. The number of hydrogen-bond acceptors (Lipinski definition) is 5. The van der Waals surface area contributed by atoms with Crippen molar-refractivity contribution in [2.24, 2.45) is 0 Å². The second kappa shape index (κ2) is 5.52. The van der Waals surface area contributed by atoms with Crippen LogP contribution in [0.25, 0.3) is 0 Å². The molecule has 2 aromatic rings. The smallest absolute Gasteiger partial charge is 0.188 e. The summed E-state index contributed by atoms with van der Waals surface area (Å²) < 4.78 is 5.56. The van der Waals surface area contributed by atoms with Crippen molar-refractivity contribution in [3.63, 3.8) is 0 Å². The van der Waals surface area contributed by atoms with Crippen molar-refractivity contribution in [2.75, 3.05) is 5.32 Å². The summed E-state index contributed by atoms with van der Waals surface area (Å²) in [4.78, 5) is 4.70. The standard InChI is InChI=1S/C13H13N3OS/c1-9(2)17-11-5-3-10(4-6-11)16-13-15-8-12(7-14)18-13/h3-6,8-9H,1-2H3,(H,15,16). The molecule has 18 heavy (non-hydrogen) atoms. The van der Waals surface area contributed by atoms with Crippen molar-refractivity contribution in [2.45, 2.75) is 20.0 Å². The van der Waals surface area contributed by atoms with Crippen molar-refractivity contribution < 1.29 is 4.74 Å². The summed E-state index contributed by atoms with van der Waals surface area (Å²) in [6.07, 6.45) is 1.73. The van der Waals surface area contributed by atoms with E-state index < -0.39 is 0 Å². The van der Waals surface area contributed by atoms with E-state index in [0.29, 0.717) is 10.0 Å². The lowest BCUT2D eigenvalue weighted by molar-refractivity contribution is 0.242. The van der Waals surface area contributed by atoms with E-state index >= 15 is 0 Å². The highest BCUT2D eigenvalue weighted by Crippen LogP contribution is 2.23. The molecule has 92 valence electrons. The lowest BCUT2D eigenvalue weighted by atomic mass is 10.3. The van der Waals surface area contributed by atoms with Crippen LogP contribution in [0.1, 0.15) is 18.7 Å². The fraction of sp³-hybridized carbons (Fsp3) is 0.231. The van der Waals surface area contributed by atoms with Crippen LogP contribution in [0.5, 0.6) is 5.75 Å². The van der Waals surface area contributed by atoms with Gasteiger partial charge in [0.25, 0.3) is 0 Å². The van der Waals surface area contributed by atoms with Crippen LogP contribution in [0.4, 0.5) is 10.8 Å². The van der Waals surface area contributed by atoms with Gasteiger partial charge in [0.15, 0.2) is 5.13 Å². The first-order chi connectivity index (χ1) is 8.67. The first kappa shape index (κ1) is 12.4. The topological polar surface area (TPSA) is 57.9 Å². The quantitative estimate of drug-likeness (QED) is 0.912. The molecule has 4 nitrogen and oxygen atoms in total. The Morgan fingerprint density at radius 3 is 2.61 bits per heavy atom. The maximum Gasteiger partial charge on any atom is 0.188 e. The van der Waals surface area contributed by atoms with Crippen LogP contribution in [0.3, 0.4) is 0 Å². The van der Waals surface area contributed by atoms with E-state index in [2.05, 4.69) is 16.4 Å². The monoisotopic (exact) mass is 259 g/mol. The predicted molar refractivity (Wildman–Crippen MR) is 72.3 cm³/mol. The van der Waals surface area contributed by atoms with Gasteiger partial charge in [-0.3, -0.25) is 0 Å². The van der Waals surface area contributed by atoms with Crippen molar-refractivity contribution >= 4 is 22.2 Å². The molecule has 1 aromatic heterocycles. The lowest BCUT2D eigenvalue weighted by Crippen LogP contribution is -2.05. The Hall–Kier alpha value is -2.06. The lowest BCUT2D eigenvalue weighted by Gasteiger charge is -2.10. The van der Waals surface area contributed by atoms with E-state index in [9.17, 15) is 0 Å². The van der Waals surface area contributed by atoms with Crippen molar-refractivity contribution in [3.05, 3.63) is 35.3 Å². The number of hydrogen-bond donors (Lipinski definition) is 1. The maximum atomic E-state index is 8.71. The molecule has 0 spiro atoms. The number of ether oxygens (including phenoxy) is 1. The summed E-state index contributed by atoms with van der Waals surface area (Å²) in [7, 11) is 0. The second-order valence-electron chi connectivity index (χ2n) is 3.96. The zero-order valence-corrected chi connectivity index (χ0v) is 11.0. The molecule has 5 heteroatoms. The fourth-order valence-corrected chi connectivity index (χ4v) is 2.03. The molecule has 2 rings (SSSR count). The highest BCUT2D eigenvalue weighted by molar-refractivity contribution is 7.16. The van der Waals surface area contributed by atoms with Gasteiger partial charge in [0.2, 0.25) is 0 Å². The fourth-order valence-electron chi connectivity index (χ4n) is 1.40. The predicted octanol–water partition coefficient (Wildman–Crippen LogP) is 3.55. The summed E-state index contributed by atoms with van der Waals surface area (Å²) in [5, 5.41) is 12.6. The van der Waals surface area contributed by atoms with Crippen LogP contribution in [-0.4, -0.2) is 11.1 Å². The number of aromatic nitrogens is 1. The molecule has 0 unspecified atom stereocenters. The Morgan fingerprint density at radius 2 is 2.06 bits per heavy atom. The first-order valence-corrected chi connectivity index (χ1v) is 6.38. The molecule has 0 amide bonds. The number of nitriles is 1. The molecular weight excluding hydrogens is 246 g/mol. The molecule has 0 aliphatic carbocycles. The van der Waals surface area contributed by atoms with E-state index in [1.807, 2.05) is 38.1 Å². The third-order valence-electron chi connectivity index (χ3n) is 2.09. The van der Waals surface area contributed by atoms with E-state index in [4.69, 9.17) is 10.00 Å². The van der Waals surface area contributed by atoms with Gasteiger partial charge in [0.1, 0.15) is 16.7 Å². The van der Waals surface area contributed by atoms with Gasteiger partial charge in [-0.1, -0.05) is 11.3 Å². The summed E-state index contributed by atoms with van der Waals surface area (Å²) in [6, 6.07) is 9.71. The molecular formula is C13H13N3OS. The summed E-state index contributed by atoms with van der Waals surface area (Å²) in [6.45, 7) is 3.98. The Kier molecular flexibility index (Phi) is 3.80. The number of benzene rings is 1.